The predicted octanol–water partition coefficient (Wildman–Crippen LogP) is 5.40. The summed E-state index contributed by atoms with van der Waals surface area (Å²) < 4.78 is 27.5. The number of hydrogen-bond acceptors (Lipinski definition) is 7. The topological polar surface area (TPSA) is 104 Å². The SMILES string of the molecule is CCOc1ccc(OC)c(NC(=O)c2ccc(OCC)c(C(=O)Nc3cc(OCC)ccc3OC)c2)c1. The molecule has 9 heteroatoms. The van der Waals surface area contributed by atoms with Gasteiger partial charge in [0.25, 0.3) is 11.8 Å². The van der Waals surface area contributed by atoms with Crippen LogP contribution in [0.5, 0.6) is 28.7 Å². The Kier molecular flexibility index (Phi) is 9.60. The van der Waals surface area contributed by atoms with Crippen LogP contribution in [-0.4, -0.2) is 45.9 Å². The van der Waals surface area contributed by atoms with Gasteiger partial charge in [-0.2, -0.15) is 0 Å². The summed E-state index contributed by atoms with van der Waals surface area (Å²) in [6, 6.07) is 14.9. The molecule has 0 unspecified atom stereocenters. The Morgan fingerprint density at radius 2 is 1.11 bits per heavy atom. The van der Waals surface area contributed by atoms with E-state index >= 15 is 0 Å². The zero-order valence-corrected chi connectivity index (χ0v) is 21.7. The Morgan fingerprint density at radius 3 is 1.59 bits per heavy atom. The average molecular weight is 509 g/mol. The molecule has 0 radical (unpaired) electrons. The highest BCUT2D eigenvalue weighted by molar-refractivity contribution is 6.10. The summed E-state index contributed by atoms with van der Waals surface area (Å²) in [6.45, 7) is 6.86. The largest absolute Gasteiger partial charge is 0.495 e. The van der Waals surface area contributed by atoms with Crippen molar-refractivity contribution in [3.63, 3.8) is 0 Å². The molecule has 0 atom stereocenters. The van der Waals surface area contributed by atoms with E-state index in [2.05, 4.69) is 10.6 Å². The molecule has 0 aliphatic heterocycles. The number of ether oxygens (including phenoxy) is 5. The smallest absolute Gasteiger partial charge is 0.259 e. The van der Waals surface area contributed by atoms with E-state index in [1.807, 2.05) is 20.8 Å². The van der Waals surface area contributed by atoms with E-state index in [4.69, 9.17) is 23.7 Å². The molecule has 0 aliphatic carbocycles. The van der Waals surface area contributed by atoms with Gasteiger partial charge in [0, 0.05) is 17.7 Å². The molecule has 9 nitrogen and oxygen atoms in total. The third-order valence-corrected chi connectivity index (χ3v) is 5.25. The fourth-order valence-corrected chi connectivity index (χ4v) is 3.60. The summed E-state index contributed by atoms with van der Waals surface area (Å²) in [4.78, 5) is 26.5. The molecule has 3 aromatic carbocycles. The summed E-state index contributed by atoms with van der Waals surface area (Å²) in [5.74, 6) is 1.55. The maximum Gasteiger partial charge on any atom is 0.259 e. The first kappa shape index (κ1) is 27.2. The maximum absolute atomic E-state index is 13.3. The summed E-state index contributed by atoms with van der Waals surface area (Å²) in [7, 11) is 3.02. The Balaban J connectivity index is 1.91. The van der Waals surface area contributed by atoms with Gasteiger partial charge in [-0.1, -0.05) is 0 Å². The van der Waals surface area contributed by atoms with Crippen LogP contribution in [0.3, 0.4) is 0 Å². The molecule has 0 heterocycles. The van der Waals surface area contributed by atoms with Crippen molar-refractivity contribution < 1.29 is 33.3 Å². The van der Waals surface area contributed by atoms with E-state index < -0.39 is 11.8 Å². The summed E-state index contributed by atoms with van der Waals surface area (Å²) in [6.07, 6.45) is 0. The fraction of sp³-hybridized carbons (Fsp3) is 0.286. The highest BCUT2D eigenvalue weighted by Crippen LogP contribution is 2.32. The summed E-state index contributed by atoms with van der Waals surface area (Å²) >= 11 is 0. The van der Waals surface area contributed by atoms with Crippen molar-refractivity contribution in [1.29, 1.82) is 0 Å². The molecule has 3 rings (SSSR count). The van der Waals surface area contributed by atoms with Gasteiger partial charge in [-0.05, 0) is 63.2 Å². The minimum Gasteiger partial charge on any atom is -0.495 e. The second kappa shape index (κ2) is 13.1. The summed E-state index contributed by atoms with van der Waals surface area (Å²) in [5.41, 5.74) is 1.31. The Hall–Kier alpha value is -4.40. The Morgan fingerprint density at radius 1 is 0.622 bits per heavy atom. The average Bonchev–Trinajstić information content (AvgIpc) is 2.90. The van der Waals surface area contributed by atoms with Gasteiger partial charge < -0.3 is 34.3 Å². The number of carbonyl (C=O) groups excluding carboxylic acids is 2. The minimum absolute atomic E-state index is 0.188. The molecule has 0 fully saturated rings. The van der Waals surface area contributed by atoms with Crippen molar-refractivity contribution in [2.24, 2.45) is 0 Å². The lowest BCUT2D eigenvalue weighted by atomic mass is 10.1. The quantitative estimate of drug-likeness (QED) is 0.337. The first-order valence-electron chi connectivity index (χ1n) is 11.9. The number of methoxy groups -OCH3 is 2. The van der Waals surface area contributed by atoms with Crippen LogP contribution in [0.1, 0.15) is 41.5 Å². The van der Waals surface area contributed by atoms with Gasteiger partial charge in [-0.15, -0.1) is 0 Å². The number of hydrogen-bond donors (Lipinski definition) is 2. The standard InChI is InChI=1S/C28H32N2O7/c1-6-35-19-10-13-25(33-4)22(16-19)29-27(31)18-9-12-24(37-8-3)21(15-18)28(32)30-23-17-20(36-7-2)11-14-26(23)34-5/h9-17H,6-8H2,1-5H3,(H,29,31)(H,30,32). The van der Waals surface area contributed by atoms with Gasteiger partial charge in [-0.25, -0.2) is 0 Å². The van der Waals surface area contributed by atoms with Crippen LogP contribution in [0, 0.1) is 0 Å². The van der Waals surface area contributed by atoms with E-state index in [1.165, 1.54) is 20.3 Å². The highest BCUT2D eigenvalue weighted by Gasteiger charge is 2.19. The normalized spacial score (nSPS) is 10.3. The van der Waals surface area contributed by atoms with E-state index in [1.54, 1.807) is 48.5 Å². The van der Waals surface area contributed by atoms with Gasteiger partial charge in [-0.3, -0.25) is 9.59 Å². The molecule has 0 spiro atoms. The molecule has 0 saturated heterocycles. The van der Waals surface area contributed by atoms with Crippen molar-refractivity contribution in [3.05, 3.63) is 65.7 Å². The van der Waals surface area contributed by atoms with Crippen molar-refractivity contribution in [2.75, 3.05) is 44.7 Å². The Bertz CT molecular complexity index is 1240. The van der Waals surface area contributed by atoms with Gasteiger partial charge in [0.1, 0.15) is 28.7 Å². The highest BCUT2D eigenvalue weighted by atomic mass is 16.5. The van der Waals surface area contributed by atoms with Crippen LogP contribution in [-0.2, 0) is 0 Å². The monoisotopic (exact) mass is 508 g/mol. The van der Waals surface area contributed by atoms with Gasteiger partial charge in [0.15, 0.2) is 0 Å². The Labute approximate surface area is 216 Å². The first-order chi connectivity index (χ1) is 17.9. The van der Waals surface area contributed by atoms with E-state index in [-0.39, 0.29) is 11.1 Å². The summed E-state index contributed by atoms with van der Waals surface area (Å²) in [5, 5.41) is 5.67. The number of amides is 2. The van der Waals surface area contributed by atoms with Crippen LogP contribution >= 0.6 is 0 Å². The third-order valence-electron chi connectivity index (χ3n) is 5.25. The van der Waals surface area contributed by atoms with Crippen LogP contribution < -0.4 is 34.3 Å². The third kappa shape index (κ3) is 6.84. The molecule has 0 saturated carbocycles. The molecule has 2 N–H and O–H groups in total. The first-order valence-corrected chi connectivity index (χ1v) is 11.9. The molecule has 2 amide bonds. The van der Waals surface area contributed by atoms with Gasteiger partial charge in [0.05, 0.1) is 51.0 Å². The molecule has 0 aliphatic rings. The van der Waals surface area contributed by atoms with Gasteiger partial charge in [0.2, 0.25) is 0 Å². The number of rotatable bonds is 12. The van der Waals surface area contributed by atoms with Crippen molar-refractivity contribution in [2.45, 2.75) is 20.8 Å². The fourth-order valence-electron chi connectivity index (χ4n) is 3.60. The van der Waals surface area contributed by atoms with E-state index in [0.717, 1.165) is 0 Å². The van der Waals surface area contributed by atoms with Crippen LogP contribution in [0.4, 0.5) is 11.4 Å². The molecule has 0 aromatic heterocycles. The number of carbonyl (C=O) groups is 2. The number of anilines is 2. The second-order valence-corrected chi connectivity index (χ2v) is 7.64. The second-order valence-electron chi connectivity index (χ2n) is 7.64. The molecular formula is C28H32N2O7. The molecule has 3 aromatic rings. The van der Waals surface area contributed by atoms with E-state index in [0.29, 0.717) is 59.9 Å². The molecule has 0 bridgehead atoms. The van der Waals surface area contributed by atoms with Crippen molar-refractivity contribution in [1.82, 2.24) is 0 Å². The van der Waals surface area contributed by atoms with Crippen molar-refractivity contribution >= 4 is 23.2 Å². The maximum atomic E-state index is 13.3. The zero-order chi connectivity index (χ0) is 26.8. The molecule has 37 heavy (non-hydrogen) atoms. The van der Waals surface area contributed by atoms with Crippen LogP contribution in [0.15, 0.2) is 54.6 Å². The van der Waals surface area contributed by atoms with Crippen molar-refractivity contribution in [3.8, 4) is 28.7 Å². The number of benzene rings is 3. The molecule has 196 valence electrons. The van der Waals surface area contributed by atoms with Crippen LogP contribution in [0.2, 0.25) is 0 Å². The number of nitrogens with one attached hydrogen (secondary N) is 2. The predicted molar refractivity (Wildman–Crippen MR) is 142 cm³/mol. The van der Waals surface area contributed by atoms with Crippen LogP contribution in [0.25, 0.3) is 0 Å². The molecular weight excluding hydrogens is 476 g/mol. The minimum atomic E-state index is -0.471. The lowest BCUT2D eigenvalue weighted by Crippen LogP contribution is -2.17. The van der Waals surface area contributed by atoms with Gasteiger partial charge >= 0.3 is 0 Å². The van der Waals surface area contributed by atoms with E-state index in [9.17, 15) is 9.59 Å². The lowest BCUT2D eigenvalue weighted by molar-refractivity contribution is 0.102. The zero-order valence-electron chi connectivity index (χ0n) is 21.7. The lowest BCUT2D eigenvalue weighted by Gasteiger charge is -2.16.